The summed E-state index contributed by atoms with van der Waals surface area (Å²) in [5, 5.41) is 0. The molecular weight excluding hydrogens is 244 g/mol. The van der Waals surface area contributed by atoms with Gasteiger partial charge in [0.1, 0.15) is 5.75 Å². The van der Waals surface area contributed by atoms with Gasteiger partial charge in [-0.05, 0) is 74.3 Å². The Morgan fingerprint density at radius 1 is 1.15 bits per heavy atom. The van der Waals surface area contributed by atoms with E-state index in [4.69, 9.17) is 4.74 Å². The zero-order valence-corrected chi connectivity index (χ0v) is 14.0. The van der Waals surface area contributed by atoms with Gasteiger partial charge >= 0.3 is 0 Å². The van der Waals surface area contributed by atoms with Crippen molar-refractivity contribution in [3.63, 3.8) is 0 Å². The molecule has 1 aromatic carbocycles. The van der Waals surface area contributed by atoms with Gasteiger partial charge in [-0.3, -0.25) is 0 Å². The van der Waals surface area contributed by atoms with E-state index in [1.54, 1.807) is 0 Å². The van der Waals surface area contributed by atoms with Crippen LogP contribution in [-0.4, -0.2) is 6.61 Å². The van der Waals surface area contributed by atoms with Crippen molar-refractivity contribution in [1.29, 1.82) is 0 Å². The molecule has 0 aliphatic rings. The third-order valence-corrected chi connectivity index (χ3v) is 3.90. The molecule has 1 heteroatoms. The number of allylic oxidation sites excluding steroid dienone is 2. The van der Waals surface area contributed by atoms with E-state index in [1.807, 2.05) is 0 Å². The normalized spacial score (nSPS) is 12.9. The largest absolute Gasteiger partial charge is 0.493 e. The van der Waals surface area contributed by atoms with Crippen LogP contribution < -0.4 is 4.74 Å². The molecule has 0 amide bonds. The highest BCUT2D eigenvalue weighted by Gasteiger charge is 2.12. The van der Waals surface area contributed by atoms with E-state index in [9.17, 15) is 0 Å². The standard InChI is InChI=1S/C19H30O/c1-7-9-10-14(3)12-18-15(4)13-19(20-11-8-2)17(6)16(18)5/h9-10,13-14H,7-8,11-12H2,1-6H3/b10-9-. The molecule has 1 rings (SSSR count). The van der Waals surface area contributed by atoms with Crippen molar-refractivity contribution in [1.82, 2.24) is 0 Å². The van der Waals surface area contributed by atoms with Crippen LogP contribution in [-0.2, 0) is 6.42 Å². The first-order chi connectivity index (χ1) is 9.51. The summed E-state index contributed by atoms with van der Waals surface area (Å²) >= 11 is 0. The van der Waals surface area contributed by atoms with Gasteiger partial charge in [-0.1, -0.05) is 32.9 Å². The summed E-state index contributed by atoms with van der Waals surface area (Å²) in [6.45, 7) is 14.0. The first kappa shape index (κ1) is 16.8. The van der Waals surface area contributed by atoms with E-state index in [2.05, 4.69) is 59.8 Å². The minimum absolute atomic E-state index is 0.592. The molecule has 0 heterocycles. The number of ether oxygens (including phenoxy) is 1. The molecular formula is C19H30O. The zero-order valence-electron chi connectivity index (χ0n) is 14.0. The summed E-state index contributed by atoms with van der Waals surface area (Å²) in [5.41, 5.74) is 5.54. The van der Waals surface area contributed by atoms with Crippen molar-refractivity contribution in [2.75, 3.05) is 6.61 Å². The predicted molar refractivity (Wildman–Crippen MR) is 88.7 cm³/mol. The highest BCUT2D eigenvalue weighted by Crippen LogP contribution is 2.29. The van der Waals surface area contributed by atoms with Crippen LogP contribution in [0.2, 0.25) is 0 Å². The summed E-state index contributed by atoms with van der Waals surface area (Å²) in [7, 11) is 0. The SMILES string of the molecule is CC/C=C\C(C)Cc1c(C)cc(OCCC)c(C)c1C. The van der Waals surface area contributed by atoms with Gasteiger partial charge in [0.25, 0.3) is 0 Å². The topological polar surface area (TPSA) is 9.23 Å². The van der Waals surface area contributed by atoms with Gasteiger partial charge in [0, 0.05) is 0 Å². The molecule has 0 N–H and O–H groups in total. The van der Waals surface area contributed by atoms with Crippen LogP contribution in [0.5, 0.6) is 5.75 Å². The minimum Gasteiger partial charge on any atom is -0.493 e. The third-order valence-electron chi connectivity index (χ3n) is 3.90. The predicted octanol–water partition coefficient (Wildman–Crippen LogP) is 5.55. The Labute approximate surface area is 125 Å². The lowest BCUT2D eigenvalue weighted by Gasteiger charge is -2.18. The van der Waals surface area contributed by atoms with Gasteiger partial charge in [-0.15, -0.1) is 0 Å². The van der Waals surface area contributed by atoms with E-state index in [1.165, 1.54) is 22.3 Å². The molecule has 20 heavy (non-hydrogen) atoms. The quantitative estimate of drug-likeness (QED) is 0.593. The number of hydrogen-bond donors (Lipinski definition) is 0. The van der Waals surface area contributed by atoms with Gasteiger partial charge in [0.15, 0.2) is 0 Å². The Hall–Kier alpha value is -1.24. The van der Waals surface area contributed by atoms with E-state index in [-0.39, 0.29) is 0 Å². The van der Waals surface area contributed by atoms with Crippen LogP contribution in [0.1, 0.15) is 55.9 Å². The smallest absolute Gasteiger partial charge is 0.122 e. The fourth-order valence-electron chi connectivity index (χ4n) is 2.53. The molecule has 0 aromatic heterocycles. The van der Waals surface area contributed by atoms with Crippen LogP contribution in [0.25, 0.3) is 0 Å². The van der Waals surface area contributed by atoms with Gasteiger partial charge in [-0.2, -0.15) is 0 Å². The monoisotopic (exact) mass is 274 g/mol. The maximum absolute atomic E-state index is 5.86. The lowest BCUT2D eigenvalue weighted by Crippen LogP contribution is -2.05. The second-order valence-electron chi connectivity index (χ2n) is 5.79. The molecule has 1 aromatic rings. The van der Waals surface area contributed by atoms with Crippen molar-refractivity contribution in [2.45, 2.75) is 60.8 Å². The molecule has 1 atom stereocenters. The minimum atomic E-state index is 0.592. The highest BCUT2D eigenvalue weighted by atomic mass is 16.5. The maximum atomic E-state index is 5.86. The molecule has 0 aliphatic carbocycles. The Kier molecular flexibility index (Phi) is 6.84. The maximum Gasteiger partial charge on any atom is 0.122 e. The molecule has 0 saturated carbocycles. The van der Waals surface area contributed by atoms with Crippen LogP contribution in [0, 0.1) is 26.7 Å². The summed E-state index contributed by atoms with van der Waals surface area (Å²) in [6, 6.07) is 2.21. The van der Waals surface area contributed by atoms with Crippen molar-refractivity contribution < 1.29 is 4.74 Å². The summed E-state index contributed by atoms with van der Waals surface area (Å²) < 4.78 is 5.86. The zero-order chi connectivity index (χ0) is 15.1. The molecule has 1 nitrogen and oxygen atoms in total. The van der Waals surface area contributed by atoms with Crippen LogP contribution in [0.3, 0.4) is 0 Å². The Bertz CT molecular complexity index is 457. The average Bonchev–Trinajstić information content (AvgIpc) is 2.43. The van der Waals surface area contributed by atoms with Crippen LogP contribution in [0.15, 0.2) is 18.2 Å². The number of aryl methyl sites for hydroxylation is 1. The fourth-order valence-corrected chi connectivity index (χ4v) is 2.53. The molecule has 0 saturated heterocycles. The third kappa shape index (κ3) is 4.40. The van der Waals surface area contributed by atoms with E-state index in [0.29, 0.717) is 5.92 Å². The summed E-state index contributed by atoms with van der Waals surface area (Å²) in [6.07, 6.45) is 7.88. The van der Waals surface area contributed by atoms with Crippen LogP contribution >= 0.6 is 0 Å². The number of benzene rings is 1. The molecule has 0 aliphatic heterocycles. The Morgan fingerprint density at radius 3 is 2.45 bits per heavy atom. The Balaban J connectivity index is 2.98. The molecule has 0 spiro atoms. The highest BCUT2D eigenvalue weighted by molar-refractivity contribution is 5.48. The number of rotatable bonds is 7. The molecule has 0 fully saturated rings. The van der Waals surface area contributed by atoms with Gasteiger partial charge in [0.2, 0.25) is 0 Å². The van der Waals surface area contributed by atoms with Gasteiger partial charge in [-0.25, -0.2) is 0 Å². The summed E-state index contributed by atoms with van der Waals surface area (Å²) in [5.74, 6) is 1.65. The second kappa shape index (κ2) is 8.14. The average molecular weight is 274 g/mol. The molecule has 112 valence electrons. The summed E-state index contributed by atoms with van der Waals surface area (Å²) in [4.78, 5) is 0. The fraction of sp³-hybridized carbons (Fsp3) is 0.579. The first-order valence-corrected chi connectivity index (χ1v) is 7.90. The van der Waals surface area contributed by atoms with Gasteiger partial charge < -0.3 is 4.74 Å². The molecule has 0 bridgehead atoms. The van der Waals surface area contributed by atoms with Crippen molar-refractivity contribution >= 4 is 0 Å². The lowest BCUT2D eigenvalue weighted by molar-refractivity contribution is 0.314. The van der Waals surface area contributed by atoms with Gasteiger partial charge in [0.05, 0.1) is 6.61 Å². The Morgan fingerprint density at radius 2 is 1.85 bits per heavy atom. The van der Waals surface area contributed by atoms with Crippen molar-refractivity contribution in [2.24, 2.45) is 5.92 Å². The van der Waals surface area contributed by atoms with Crippen molar-refractivity contribution in [3.8, 4) is 5.75 Å². The van der Waals surface area contributed by atoms with E-state index < -0.39 is 0 Å². The van der Waals surface area contributed by atoms with Crippen molar-refractivity contribution in [3.05, 3.63) is 40.5 Å². The van der Waals surface area contributed by atoms with Crippen LogP contribution in [0.4, 0.5) is 0 Å². The molecule has 1 unspecified atom stereocenters. The molecule has 0 radical (unpaired) electrons. The number of hydrogen-bond acceptors (Lipinski definition) is 1. The van der Waals surface area contributed by atoms with E-state index in [0.717, 1.165) is 31.6 Å². The van der Waals surface area contributed by atoms with E-state index >= 15 is 0 Å². The second-order valence-corrected chi connectivity index (χ2v) is 5.79. The lowest BCUT2D eigenvalue weighted by atomic mass is 9.90. The first-order valence-electron chi connectivity index (χ1n) is 7.90.